The molecule has 0 saturated carbocycles. The number of sulfone groups is 1. The van der Waals surface area contributed by atoms with Gasteiger partial charge in [0.1, 0.15) is 5.75 Å². The lowest BCUT2D eigenvalue weighted by Crippen LogP contribution is -2.49. The second-order valence-electron chi connectivity index (χ2n) is 6.70. The molecule has 0 spiro atoms. The zero-order chi connectivity index (χ0) is 21.1. The van der Waals surface area contributed by atoms with Crippen molar-refractivity contribution in [2.24, 2.45) is 0 Å². The molecule has 10 heteroatoms. The zero-order valence-corrected chi connectivity index (χ0v) is 18.4. The van der Waals surface area contributed by atoms with Crippen LogP contribution >= 0.6 is 11.6 Å². The molecule has 0 N–H and O–H groups in total. The number of nitrogens with zero attached hydrogens (tertiary/aromatic N) is 2. The van der Waals surface area contributed by atoms with Crippen LogP contribution in [0.1, 0.15) is 0 Å². The maximum atomic E-state index is 12.7. The van der Waals surface area contributed by atoms with Crippen molar-refractivity contribution in [2.75, 3.05) is 45.6 Å². The number of methoxy groups -OCH3 is 1. The summed E-state index contributed by atoms with van der Waals surface area (Å²) in [7, 11) is -5.57. The maximum Gasteiger partial charge on any atom is 0.243 e. The number of hydrogen-bond donors (Lipinski definition) is 0. The monoisotopic (exact) mass is 458 g/mol. The Kier molecular flexibility index (Phi) is 6.85. The van der Waals surface area contributed by atoms with Crippen LogP contribution in [0.2, 0.25) is 5.02 Å². The van der Waals surface area contributed by atoms with Gasteiger partial charge in [0.25, 0.3) is 0 Å². The van der Waals surface area contributed by atoms with Crippen LogP contribution in [0.5, 0.6) is 5.75 Å². The third-order valence-corrected chi connectivity index (χ3v) is 8.66. The first kappa shape index (κ1) is 22.0. The van der Waals surface area contributed by atoms with Gasteiger partial charge in [-0.25, -0.2) is 16.8 Å². The average Bonchev–Trinajstić information content (AvgIpc) is 2.72. The molecule has 0 aliphatic carbocycles. The van der Waals surface area contributed by atoms with Crippen LogP contribution < -0.4 is 4.74 Å². The second-order valence-corrected chi connectivity index (χ2v) is 11.2. The fourth-order valence-corrected chi connectivity index (χ4v) is 6.17. The van der Waals surface area contributed by atoms with Crippen molar-refractivity contribution in [3.63, 3.8) is 0 Å². The SMILES string of the molecule is COc1cccc(S(=O)(=O)CCN2CCN(S(=O)(=O)c3cccc(Cl)c3)CC2)c1. The Bertz CT molecular complexity index is 1070. The standard InChI is InChI=1S/C19H23ClN2O5S2/c1-27-17-5-3-6-18(15-17)28(23,24)13-12-21-8-10-22(11-9-21)29(25,26)19-7-2-4-16(20)14-19/h2-7,14-15H,8-13H2,1H3. The van der Waals surface area contributed by atoms with Crippen LogP contribution in [0.25, 0.3) is 0 Å². The average molecular weight is 459 g/mol. The molecular weight excluding hydrogens is 436 g/mol. The molecule has 2 aromatic carbocycles. The number of sulfonamides is 1. The van der Waals surface area contributed by atoms with Gasteiger partial charge in [-0.15, -0.1) is 0 Å². The Morgan fingerprint density at radius 3 is 2.24 bits per heavy atom. The molecule has 1 fully saturated rings. The molecule has 2 aromatic rings. The van der Waals surface area contributed by atoms with E-state index in [-0.39, 0.29) is 15.5 Å². The van der Waals surface area contributed by atoms with Crippen LogP contribution in [0, 0.1) is 0 Å². The minimum absolute atomic E-state index is 0.0405. The summed E-state index contributed by atoms with van der Waals surface area (Å²) in [6.45, 7) is 1.87. The third kappa shape index (κ3) is 5.29. The Hall–Kier alpha value is -1.65. The highest BCUT2D eigenvalue weighted by atomic mass is 35.5. The van der Waals surface area contributed by atoms with E-state index in [1.165, 1.54) is 29.6 Å². The van der Waals surface area contributed by atoms with Gasteiger partial charge in [0, 0.05) is 37.7 Å². The predicted octanol–water partition coefficient (Wildman–Crippen LogP) is 2.13. The van der Waals surface area contributed by atoms with Gasteiger partial charge in [-0.3, -0.25) is 4.90 Å². The quantitative estimate of drug-likeness (QED) is 0.632. The van der Waals surface area contributed by atoms with Crippen LogP contribution in [-0.2, 0) is 19.9 Å². The highest BCUT2D eigenvalue weighted by molar-refractivity contribution is 7.91. The number of ether oxygens (including phenoxy) is 1. The fraction of sp³-hybridized carbons (Fsp3) is 0.368. The number of piperazine rings is 1. The van der Waals surface area contributed by atoms with E-state index in [1.807, 2.05) is 4.90 Å². The maximum absolute atomic E-state index is 12.7. The van der Waals surface area contributed by atoms with E-state index >= 15 is 0 Å². The molecule has 0 amide bonds. The summed E-state index contributed by atoms with van der Waals surface area (Å²) in [6, 6.07) is 12.6. The highest BCUT2D eigenvalue weighted by Gasteiger charge is 2.29. The minimum atomic E-state index is -3.61. The van der Waals surface area contributed by atoms with Crippen LogP contribution in [0.4, 0.5) is 0 Å². The van der Waals surface area contributed by atoms with Crippen molar-refractivity contribution in [3.8, 4) is 5.75 Å². The molecule has 0 aromatic heterocycles. The molecular formula is C19H23ClN2O5S2. The van der Waals surface area contributed by atoms with E-state index in [2.05, 4.69) is 0 Å². The van der Waals surface area contributed by atoms with E-state index in [0.29, 0.717) is 43.5 Å². The molecule has 3 rings (SSSR count). The van der Waals surface area contributed by atoms with Crippen LogP contribution in [0.3, 0.4) is 0 Å². The molecule has 0 atom stereocenters. The molecule has 0 radical (unpaired) electrons. The second kappa shape index (κ2) is 9.01. The molecule has 7 nitrogen and oxygen atoms in total. The fourth-order valence-electron chi connectivity index (χ4n) is 3.13. The Morgan fingerprint density at radius 2 is 1.59 bits per heavy atom. The van der Waals surface area contributed by atoms with Gasteiger partial charge in [0.15, 0.2) is 9.84 Å². The van der Waals surface area contributed by atoms with E-state index in [0.717, 1.165) is 0 Å². The first-order valence-electron chi connectivity index (χ1n) is 9.07. The lowest BCUT2D eigenvalue weighted by atomic mass is 10.3. The summed E-state index contributed by atoms with van der Waals surface area (Å²) in [5.74, 6) is 0.451. The molecule has 1 saturated heterocycles. The van der Waals surface area contributed by atoms with Crippen molar-refractivity contribution < 1.29 is 21.6 Å². The summed E-state index contributed by atoms with van der Waals surface area (Å²) in [4.78, 5) is 2.35. The van der Waals surface area contributed by atoms with Gasteiger partial charge in [0.2, 0.25) is 10.0 Å². The van der Waals surface area contributed by atoms with Crippen molar-refractivity contribution in [3.05, 3.63) is 53.6 Å². The van der Waals surface area contributed by atoms with Crippen molar-refractivity contribution >= 4 is 31.5 Å². The highest BCUT2D eigenvalue weighted by Crippen LogP contribution is 2.22. The summed E-state index contributed by atoms with van der Waals surface area (Å²) in [5.41, 5.74) is 0. The predicted molar refractivity (Wildman–Crippen MR) is 112 cm³/mol. The van der Waals surface area contributed by atoms with Gasteiger partial charge in [-0.2, -0.15) is 4.31 Å². The topological polar surface area (TPSA) is 84.0 Å². The Labute approximate surface area is 176 Å². The molecule has 0 unspecified atom stereocenters. The van der Waals surface area contributed by atoms with Crippen molar-refractivity contribution in [1.29, 1.82) is 0 Å². The van der Waals surface area contributed by atoms with Gasteiger partial charge in [-0.05, 0) is 36.4 Å². The van der Waals surface area contributed by atoms with E-state index in [4.69, 9.17) is 16.3 Å². The molecule has 0 bridgehead atoms. The zero-order valence-electron chi connectivity index (χ0n) is 16.0. The number of hydrogen-bond acceptors (Lipinski definition) is 6. The number of rotatable bonds is 7. The molecule has 1 aliphatic rings. The van der Waals surface area contributed by atoms with Crippen molar-refractivity contribution in [2.45, 2.75) is 9.79 Å². The van der Waals surface area contributed by atoms with Crippen molar-refractivity contribution in [1.82, 2.24) is 9.21 Å². The third-order valence-electron chi connectivity index (χ3n) is 4.84. The van der Waals surface area contributed by atoms with Gasteiger partial charge in [0.05, 0.1) is 22.7 Å². The van der Waals surface area contributed by atoms with Gasteiger partial charge >= 0.3 is 0 Å². The largest absolute Gasteiger partial charge is 0.497 e. The van der Waals surface area contributed by atoms with Crippen LogP contribution in [-0.4, -0.2) is 71.6 Å². The minimum Gasteiger partial charge on any atom is -0.497 e. The van der Waals surface area contributed by atoms with E-state index in [9.17, 15) is 16.8 Å². The lowest BCUT2D eigenvalue weighted by Gasteiger charge is -2.33. The molecule has 29 heavy (non-hydrogen) atoms. The van der Waals surface area contributed by atoms with E-state index < -0.39 is 19.9 Å². The molecule has 158 valence electrons. The van der Waals surface area contributed by atoms with Gasteiger partial charge < -0.3 is 4.74 Å². The van der Waals surface area contributed by atoms with Crippen LogP contribution in [0.15, 0.2) is 58.3 Å². The van der Waals surface area contributed by atoms with E-state index in [1.54, 1.807) is 30.3 Å². The first-order chi connectivity index (χ1) is 13.7. The normalized spacial score (nSPS) is 16.6. The Balaban J connectivity index is 1.58. The summed E-state index contributed by atoms with van der Waals surface area (Å²) in [6.07, 6.45) is 0. The summed E-state index contributed by atoms with van der Waals surface area (Å²) < 4.78 is 57.2. The molecule has 1 aliphatic heterocycles. The lowest BCUT2D eigenvalue weighted by molar-refractivity contribution is 0.197. The van der Waals surface area contributed by atoms with Gasteiger partial charge in [-0.1, -0.05) is 23.7 Å². The Morgan fingerprint density at radius 1 is 0.931 bits per heavy atom. The first-order valence-corrected chi connectivity index (χ1v) is 12.5. The summed E-state index contributed by atoms with van der Waals surface area (Å²) >= 11 is 5.91. The number of halogens is 1. The smallest absolute Gasteiger partial charge is 0.243 e. The number of benzene rings is 2. The summed E-state index contributed by atoms with van der Waals surface area (Å²) in [5, 5.41) is 0.368. The molecule has 1 heterocycles.